The molecule has 0 saturated heterocycles. The van der Waals surface area contributed by atoms with Gasteiger partial charge in [-0.25, -0.2) is 8.42 Å². The first-order valence-corrected chi connectivity index (χ1v) is 13.3. The fraction of sp³-hybridized carbons (Fsp3) is 0.286. The largest absolute Gasteiger partial charge is 0.497 e. The SMILES string of the molecule is COc1ccc(OC)c(N(CC(=O)Nc2ccccc2C(=O)NC(C)(C)C)S(=O)(=O)c2ccc(C)cc2)c1. The number of sulfonamides is 1. The summed E-state index contributed by atoms with van der Waals surface area (Å²) in [4.78, 5) is 26.2. The number of benzene rings is 3. The van der Waals surface area contributed by atoms with Crippen LogP contribution in [0.2, 0.25) is 0 Å². The summed E-state index contributed by atoms with van der Waals surface area (Å²) in [6.07, 6.45) is 0. The smallest absolute Gasteiger partial charge is 0.264 e. The van der Waals surface area contributed by atoms with E-state index in [4.69, 9.17) is 9.47 Å². The van der Waals surface area contributed by atoms with Gasteiger partial charge in [-0.3, -0.25) is 13.9 Å². The van der Waals surface area contributed by atoms with Crippen LogP contribution in [0.15, 0.2) is 71.6 Å². The van der Waals surface area contributed by atoms with E-state index >= 15 is 0 Å². The van der Waals surface area contributed by atoms with Crippen molar-refractivity contribution in [1.82, 2.24) is 5.32 Å². The fourth-order valence-corrected chi connectivity index (χ4v) is 5.07. The molecule has 0 atom stereocenters. The number of carbonyl (C=O) groups excluding carboxylic acids is 2. The normalized spacial score (nSPS) is 11.4. The standard InChI is InChI=1S/C28H33N3O6S/c1-19-11-14-21(15-12-19)38(34,35)31(24-17-20(36-5)13-16-25(24)37-6)18-26(32)29-23-10-8-7-9-22(23)27(33)30-28(2,3)4/h7-17H,18H2,1-6H3,(H,29,32)(H,30,33). The third-order valence-electron chi connectivity index (χ3n) is 5.49. The molecule has 2 amide bonds. The number of para-hydroxylation sites is 1. The van der Waals surface area contributed by atoms with Crippen molar-refractivity contribution in [2.75, 3.05) is 30.4 Å². The Bertz CT molecular complexity index is 1410. The zero-order chi connectivity index (χ0) is 28.1. The van der Waals surface area contributed by atoms with E-state index in [0.29, 0.717) is 5.75 Å². The van der Waals surface area contributed by atoms with Crippen molar-refractivity contribution in [1.29, 1.82) is 0 Å². The molecule has 38 heavy (non-hydrogen) atoms. The van der Waals surface area contributed by atoms with Crippen LogP contribution in [0, 0.1) is 6.92 Å². The third kappa shape index (κ3) is 6.83. The lowest BCUT2D eigenvalue weighted by atomic mass is 10.1. The highest BCUT2D eigenvalue weighted by atomic mass is 32.2. The second kappa shape index (κ2) is 11.6. The highest BCUT2D eigenvalue weighted by molar-refractivity contribution is 7.92. The van der Waals surface area contributed by atoms with Gasteiger partial charge in [-0.05, 0) is 64.1 Å². The van der Waals surface area contributed by atoms with E-state index in [2.05, 4.69) is 10.6 Å². The van der Waals surface area contributed by atoms with Crippen molar-refractivity contribution in [3.8, 4) is 11.5 Å². The highest BCUT2D eigenvalue weighted by Crippen LogP contribution is 2.35. The predicted molar refractivity (Wildman–Crippen MR) is 148 cm³/mol. The predicted octanol–water partition coefficient (Wildman–Crippen LogP) is 4.37. The van der Waals surface area contributed by atoms with Gasteiger partial charge in [-0.2, -0.15) is 0 Å². The number of anilines is 2. The Hall–Kier alpha value is -4.05. The molecule has 0 aliphatic rings. The first kappa shape index (κ1) is 28.5. The molecule has 202 valence electrons. The van der Waals surface area contributed by atoms with Crippen LogP contribution in [0.1, 0.15) is 36.7 Å². The molecule has 0 heterocycles. The van der Waals surface area contributed by atoms with Gasteiger partial charge >= 0.3 is 0 Å². The highest BCUT2D eigenvalue weighted by Gasteiger charge is 2.30. The number of carbonyl (C=O) groups is 2. The number of hydrogen-bond donors (Lipinski definition) is 2. The van der Waals surface area contributed by atoms with E-state index in [9.17, 15) is 18.0 Å². The average Bonchev–Trinajstić information content (AvgIpc) is 2.86. The molecule has 10 heteroatoms. The summed E-state index contributed by atoms with van der Waals surface area (Å²) in [6, 6.07) is 17.5. The zero-order valence-electron chi connectivity index (χ0n) is 22.4. The first-order chi connectivity index (χ1) is 17.9. The summed E-state index contributed by atoms with van der Waals surface area (Å²) in [5, 5.41) is 5.56. The molecular weight excluding hydrogens is 506 g/mol. The monoisotopic (exact) mass is 539 g/mol. The number of nitrogens with zero attached hydrogens (tertiary/aromatic N) is 1. The van der Waals surface area contributed by atoms with Gasteiger partial charge in [0.1, 0.15) is 18.0 Å². The molecule has 3 rings (SSSR count). The molecule has 3 aromatic rings. The van der Waals surface area contributed by atoms with Crippen LogP contribution < -0.4 is 24.4 Å². The van der Waals surface area contributed by atoms with E-state index in [1.165, 1.54) is 32.4 Å². The maximum absolute atomic E-state index is 13.8. The molecule has 0 aromatic heterocycles. The Morgan fingerprint density at radius 1 is 0.921 bits per heavy atom. The van der Waals surface area contributed by atoms with Gasteiger partial charge in [0.05, 0.1) is 36.1 Å². The lowest BCUT2D eigenvalue weighted by Gasteiger charge is -2.26. The number of ether oxygens (including phenoxy) is 2. The molecule has 0 bridgehead atoms. The second-order valence-corrected chi connectivity index (χ2v) is 11.5. The van der Waals surface area contributed by atoms with Crippen molar-refractivity contribution < 1.29 is 27.5 Å². The minimum absolute atomic E-state index is 0.00530. The van der Waals surface area contributed by atoms with Crippen molar-refractivity contribution in [2.45, 2.75) is 38.1 Å². The maximum atomic E-state index is 13.8. The topological polar surface area (TPSA) is 114 Å². The summed E-state index contributed by atoms with van der Waals surface area (Å²) in [7, 11) is -1.34. The molecule has 0 spiro atoms. The number of amides is 2. The summed E-state index contributed by atoms with van der Waals surface area (Å²) in [5.41, 5.74) is 1.03. The number of aryl methyl sites for hydroxylation is 1. The van der Waals surface area contributed by atoms with Crippen LogP contribution in [0.25, 0.3) is 0 Å². The number of hydrogen-bond acceptors (Lipinski definition) is 6. The second-order valence-electron chi connectivity index (χ2n) is 9.66. The van der Waals surface area contributed by atoms with Gasteiger partial charge in [0.2, 0.25) is 5.91 Å². The lowest BCUT2D eigenvalue weighted by Crippen LogP contribution is -2.41. The Balaban J connectivity index is 2.02. The van der Waals surface area contributed by atoms with Crippen LogP contribution in [0.5, 0.6) is 11.5 Å². The van der Waals surface area contributed by atoms with Gasteiger partial charge in [0, 0.05) is 11.6 Å². The Morgan fingerprint density at radius 2 is 1.58 bits per heavy atom. The molecule has 3 aromatic carbocycles. The number of rotatable bonds is 9. The summed E-state index contributed by atoms with van der Waals surface area (Å²) in [5.74, 6) is -0.401. The summed E-state index contributed by atoms with van der Waals surface area (Å²) < 4.78 is 39.3. The van der Waals surface area contributed by atoms with Crippen molar-refractivity contribution in [3.05, 3.63) is 77.9 Å². The third-order valence-corrected chi connectivity index (χ3v) is 7.26. The van der Waals surface area contributed by atoms with E-state index in [1.54, 1.807) is 48.5 Å². The Morgan fingerprint density at radius 3 is 2.18 bits per heavy atom. The summed E-state index contributed by atoms with van der Waals surface area (Å²) >= 11 is 0. The van der Waals surface area contributed by atoms with Gasteiger partial charge in [-0.1, -0.05) is 29.8 Å². The summed E-state index contributed by atoms with van der Waals surface area (Å²) in [6.45, 7) is 6.80. The Kier molecular flexibility index (Phi) is 8.67. The lowest BCUT2D eigenvalue weighted by molar-refractivity contribution is -0.114. The van der Waals surface area contributed by atoms with Crippen LogP contribution in [-0.2, 0) is 14.8 Å². The van der Waals surface area contributed by atoms with Gasteiger partial charge in [0.15, 0.2) is 0 Å². The first-order valence-electron chi connectivity index (χ1n) is 11.9. The molecule has 0 unspecified atom stereocenters. The van der Waals surface area contributed by atoms with E-state index in [0.717, 1.165) is 9.87 Å². The van der Waals surface area contributed by atoms with Gasteiger partial charge in [0.25, 0.3) is 15.9 Å². The number of methoxy groups -OCH3 is 2. The van der Waals surface area contributed by atoms with E-state index in [-0.39, 0.29) is 33.5 Å². The Labute approximate surface area is 223 Å². The molecule has 0 fully saturated rings. The van der Waals surface area contributed by atoms with Crippen LogP contribution in [0.4, 0.5) is 11.4 Å². The fourth-order valence-electron chi connectivity index (χ4n) is 3.65. The quantitative estimate of drug-likeness (QED) is 0.417. The van der Waals surface area contributed by atoms with Crippen molar-refractivity contribution in [2.24, 2.45) is 0 Å². The van der Waals surface area contributed by atoms with E-state index in [1.807, 2.05) is 27.7 Å². The van der Waals surface area contributed by atoms with Crippen molar-refractivity contribution in [3.63, 3.8) is 0 Å². The van der Waals surface area contributed by atoms with Crippen LogP contribution in [0.3, 0.4) is 0 Å². The molecule has 0 aliphatic carbocycles. The zero-order valence-corrected chi connectivity index (χ0v) is 23.2. The molecule has 0 aliphatic heterocycles. The molecular formula is C28H33N3O6S. The van der Waals surface area contributed by atoms with Gasteiger partial charge in [-0.15, -0.1) is 0 Å². The van der Waals surface area contributed by atoms with Crippen LogP contribution in [-0.4, -0.2) is 46.5 Å². The van der Waals surface area contributed by atoms with Crippen LogP contribution >= 0.6 is 0 Å². The minimum Gasteiger partial charge on any atom is -0.497 e. The average molecular weight is 540 g/mol. The number of nitrogens with one attached hydrogen (secondary N) is 2. The van der Waals surface area contributed by atoms with Crippen molar-refractivity contribution >= 4 is 33.2 Å². The molecule has 9 nitrogen and oxygen atoms in total. The maximum Gasteiger partial charge on any atom is 0.264 e. The molecule has 0 radical (unpaired) electrons. The molecule has 2 N–H and O–H groups in total. The van der Waals surface area contributed by atoms with Gasteiger partial charge < -0.3 is 20.1 Å². The molecule has 0 saturated carbocycles. The minimum atomic E-state index is -4.21. The van der Waals surface area contributed by atoms with E-state index < -0.39 is 28.0 Å².